The zero-order valence-corrected chi connectivity index (χ0v) is 13.7. The van der Waals surface area contributed by atoms with Crippen molar-refractivity contribution in [2.45, 2.75) is 6.54 Å². The molecule has 0 saturated heterocycles. The molecule has 1 amide bonds. The number of thiophene rings is 1. The highest BCUT2D eigenvalue weighted by molar-refractivity contribution is 7.14. The minimum Gasteiger partial charge on any atom is -0.494 e. The Balaban J connectivity index is 1.91. The van der Waals surface area contributed by atoms with E-state index < -0.39 is 5.82 Å². The number of rotatable bonds is 6. The number of quaternary nitrogens is 1. The van der Waals surface area contributed by atoms with Gasteiger partial charge in [-0.15, -0.1) is 11.3 Å². The van der Waals surface area contributed by atoms with Gasteiger partial charge in [0.1, 0.15) is 17.6 Å². The lowest BCUT2D eigenvalue weighted by Gasteiger charge is -2.14. The van der Waals surface area contributed by atoms with Gasteiger partial charge in [-0.2, -0.15) is 5.26 Å². The molecule has 0 saturated carbocycles. The van der Waals surface area contributed by atoms with Crippen LogP contribution in [0.15, 0.2) is 29.6 Å². The zero-order chi connectivity index (χ0) is 16.8. The van der Waals surface area contributed by atoms with Crippen LogP contribution in [-0.4, -0.2) is 26.6 Å². The van der Waals surface area contributed by atoms with Crippen LogP contribution in [0.5, 0.6) is 5.75 Å². The number of ether oxygens (including phenoxy) is 1. The number of hydrogen-bond donors (Lipinski definition) is 2. The van der Waals surface area contributed by atoms with E-state index in [-0.39, 0.29) is 18.2 Å². The fourth-order valence-electron chi connectivity index (χ4n) is 2.17. The van der Waals surface area contributed by atoms with Gasteiger partial charge in [0.2, 0.25) is 0 Å². The first-order chi connectivity index (χ1) is 11.0. The number of nitrogens with zero attached hydrogens (tertiary/aromatic N) is 1. The van der Waals surface area contributed by atoms with Crippen molar-refractivity contribution in [3.05, 3.63) is 46.6 Å². The van der Waals surface area contributed by atoms with Gasteiger partial charge in [0.25, 0.3) is 5.91 Å². The highest BCUT2D eigenvalue weighted by Gasteiger charge is 2.14. The van der Waals surface area contributed by atoms with Crippen LogP contribution in [0.2, 0.25) is 0 Å². The Morgan fingerprint density at radius 1 is 1.48 bits per heavy atom. The smallest absolute Gasteiger partial charge is 0.280 e. The Bertz CT molecular complexity index is 739. The van der Waals surface area contributed by atoms with Crippen molar-refractivity contribution in [1.82, 2.24) is 0 Å². The number of amides is 1. The number of nitrogens with one attached hydrogen (secondary N) is 2. The number of likely N-dealkylation sites (N-methyl/N-ethyl adjacent to an activating group) is 1. The van der Waals surface area contributed by atoms with Gasteiger partial charge < -0.3 is 15.0 Å². The summed E-state index contributed by atoms with van der Waals surface area (Å²) in [4.78, 5) is 12.9. The number of carbonyl (C=O) groups excluding carboxylic acids is 1. The van der Waals surface area contributed by atoms with Crippen molar-refractivity contribution < 1.29 is 18.8 Å². The van der Waals surface area contributed by atoms with Crippen LogP contribution in [0.3, 0.4) is 0 Å². The van der Waals surface area contributed by atoms with Crippen LogP contribution in [0.1, 0.15) is 11.1 Å². The van der Waals surface area contributed by atoms with Gasteiger partial charge in [-0.25, -0.2) is 4.39 Å². The molecule has 0 aliphatic rings. The highest BCUT2D eigenvalue weighted by Crippen LogP contribution is 2.21. The van der Waals surface area contributed by atoms with Crippen LogP contribution >= 0.6 is 11.3 Å². The van der Waals surface area contributed by atoms with E-state index in [1.54, 1.807) is 23.6 Å². The maximum atomic E-state index is 13.7. The van der Waals surface area contributed by atoms with E-state index in [9.17, 15) is 9.18 Å². The molecule has 2 rings (SSSR count). The van der Waals surface area contributed by atoms with E-state index in [1.807, 2.05) is 13.1 Å². The van der Waals surface area contributed by atoms with Crippen molar-refractivity contribution in [3.8, 4) is 11.8 Å². The van der Waals surface area contributed by atoms with E-state index in [0.717, 1.165) is 10.5 Å². The van der Waals surface area contributed by atoms with Crippen LogP contribution in [0.4, 0.5) is 9.39 Å². The summed E-state index contributed by atoms with van der Waals surface area (Å²) < 4.78 is 18.5. The Morgan fingerprint density at radius 2 is 2.26 bits per heavy atom. The quantitative estimate of drug-likeness (QED) is 0.840. The van der Waals surface area contributed by atoms with Gasteiger partial charge in [-0.3, -0.25) is 4.79 Å². The number of benzene rings is 1. The SMILES string of the molecule is COc1ccc(C[NH+](C)CC(=O)Nc2sccc2C#N)cc1F. The third kappa shape index (κ3) is 4.52. The predicted octanol–water partition coefficient (Wildman–Crippen LogP) is 1.42. The van der Waals surface area contributed by atoms with Gasteiger partial charge >= 0.3 is 0 Å². The second-order valence-electron chi connectivity index (χ2n) is 5.10. The number of anilines is 1. The highest BCUT2D eigenvalue weighted by atomic mass is 32.1. The first-order valence-electron chi connectivity index (χ1n) is 6.94. The van der Waals surface area contributed by atoms with Gasteiger partial charge in [0.05, 0.1) is 19.7 Å². The molecular weight excluding hydrogens is 317 g/mol. The molecule has 1 unspecified atom stereocenters. The van der Waals surface area contributed by atoms with Gasteiger partial charge in [0, 0.05) is 5.56 Å². The summed E-state index contributed by atoms with van der Waals surface area (Å²) in [5, 5.41) is 14.0. The molecule has 1 heterocycles. The summed E-state index contributed by atoms with van der Waals surface area (Å²) in [6, 6.07) is 8.45. The van der Waals surface area contributed by atoms with E-state index in [2.05, 4.69) is 5.32 Å². The molecule has 0 aliphatic heterocycles. The second-order valence-corrected chi connectivity index (χ2v) is 6.02. The molecule has 120 valence electrons. The minimum atomic E-state index is -0.417. The predicted molar refractivity (Wildman–Crippen MR) is 86.1 cm³/mol. The normalized spacial score (nSPS) is 11.6. The summed E-state index contributed by atoms with van der Waals surface area (Å²) in [7, 11) is 3.27. The number of carbonyl (C=O) groups is 1. The molecule has 0 radical (unpaired) electrons. The monoisotopic (exact) mass is 334 g/mol. The Kier molecular flexibility index (Phi) is 5.68. The fourth-order valence-corrected chi connectivity index (χ4v) is 2.92. The molecule has 1 atom stereocenters. The van der Waals surface area contributed by atoms with Crippen molar-refractivity contribution >= 4 is 22.2 Å². The Morgan fingerprint density at radius 3 is 2.91 bits per heavy atom. The standard InChI is InChI=1S/C16H16FN3O2S/c1-20(9-11-3-4-14(22-2)13(17)7-11)10-15(21)19-16-12(8-18)5-6-23-16/h3-7H,9-10H2,1-2H3,(H,19,21)/p+1. The van der Waals surface area contributed by atoms with Crippen LogP contribution in [0.25, 0.3) is 0 Å². The average molecular weight is 334 g/mol. The zero-order valence-electron chi connectivity index (χ0n) is 12.9. The molecule has 0 spiro atoms. The lowest BCUT2D eigenvalue weighted by molar-refractivity contribution is -0.885. The molecule has 7 heteroatoms. The molecule has 2 N–H and O–H groups in total. The molecule has 23 heavy (non-hydrogen) atoms. The number of halogens is 1. The summed E-state index contributed by atoms with van der Waals surface area (Å²) in [5.74, 6) is -0.402. The lowest BCUT2D eigenvalue weighted by Crippen LogP contribution is -3.08. The molecule has 5 nitrogen and oxygen atoms in total. The Labute approximate surface area is 137 Å². The summed E-state index contributed by atoms with van der Waals surface area (Å²) in [6.45, 7) is 0.723. The molecular formula is C16H17FN3O2S+. The van der Waals surface area contributed by atoms with Crippen LogP contribution in [0, 0.1) is 17.1 Å². The van der Waals surface area contributed by atoms with Crippen molar-refractivity contribution in [1.29, 1.82) is 5.26 Å². The van der Waals surface area contributed by atoms with Gasteiger partial charge in [-0.1, -0.05) is 0 Å². The fraction of sp³-hybridized carbons (Fsp3) is 0.250. The topological polar surface area (TPSA) is 66.6 Å². The molecule has 2 aromatic rings. The number of hydrogen-bond acceptors (Lipinski definition) is 4. The largest absolute Gasteiger partial charge is 0.494 e. The molecule has 0 aliphatic carbocycles. The van der Waals surface area contributed by atoms with Crippen LogP contribution in [-0.2, 0) is 11.3 Å². The van der Waals surface area contributed by atoms with Crippen LogP contribution < -0.4 is 15.0 Å². The third-order valence-electron chi connectivity index (χ3n) is 3.22. The molecule has 1 aromatic heterocycles. The Hall–Kier alpha value is -2.43. The molecule has 0 bridgehead atoms. The van der Waals surface area contributed by atoms with Gasteiger partial charge in [0.15, 0.2) is 18.1 Å². The lowest BCUT2D eigenvalue weighted by atomic mass is 10.2. The number of methoxy groups -OCH3 is 1. The molecule has 1 aromatic carbocycles. The maximum Gasteiger partial charge on any atom is 0.280 e. The third-order valence-corrected chi connectivity index (χ3v) is 4.05. The van der Waals surface area contributed by atoms with Crippen molar-refractivity contribution in [2.24, 2.45) is 0 Å². The first-order valence-corrected chi connectivity index (χ1v) is 7.82. The van der Waals surface area contributed by atoms with E-state index in [4.69, 9.17) is 10.00 Å². The second kappa shape index (κ2) is 7.72. The number of nitriles is 1. The first kappa shape index (κ1) is 16.9. The summed E-state index contributed by atoms with van der Waals surface area (Å²) in [6.07, 6.45) is 0. The summed E-state index contributed by atoms with van der Waals surface area (Å²) >= 11 is 1.31. The average Bonchev–Trinajstić information content (AvgIpc) is 2.94. The van der Waals surface area contributed by atoms with E-state index in [0.29, 0.717) is 17.1 Å². The molecule has 0 fully saturated rings. The van der Waals surface area contributed by atoms with Crippen molar-refractivity contribution in [2.75, 3.05) is 26.0 Å². The summed E-state index contributed by atoms with van der Waals surface area (Å²) in [5.41, 5.74) is 1.24. The minimum absolute atomic E-state index is 0.185. The van der Waals surface area contributed by atoms with E-state index in [1.165, 1.54) is 24.5 Å². The van der Waals surface area contributed by atoms with E-state index >= 15 is 0 Å². The van der Waals surface area contributed by atoms with Gasteiger partial charge in [-0.05, 0) is 29.6 Å². The van der Waals surface area contributed by atoms with Crippen molar-refractivity contribution in [3.63, 3.8) is 0 Å². The maximum absolute atomic E-state index is 13.7.